The number of hydrogen-bond donors (Lipinski definition) is 0. The van der Waals surface area contributed by atoms with Gasteiger partial charge in [0.25, 0.3) is 0 Å². The van der Waals surface area contributed by atoms with Gasteiger partial charge >= 0.3 is 0 Å². The Morgan fingerprint density at radius 3 is 2.32 bits per heavy atom. The Labute approximate surface area is 110 Å². The Hall–Kier alpha value is -2.82. The van der Waals surface area contributed by atoms with Crippen LogP contribution in [0.15, 0.2) is 65.8 Å². The maximum atomic E-state index is 4.19. The fourth-order valence-corrected chi connectivity index (χ4v) is 1.62. The highest BCUT2D eigenvalue weighted by atomic mass is 15.7. The number of rotatable bonds is 3. The molecule has 92 valence electrons. The molecule has 0 radical (unpaired) electrons. The summed E-state index contributed by atoms with van der Waals surface area (Å²) in [5.74, 6) is 0.561. The van der Waals surface area contributed by atoms with E-state index in [9.17, 15) is 0 Å². The zero-order valence-electron chi connectivity index (χ0n) is 10.1. The van der Waals surface area contributed by atoms with E-state index in [0.717, 1.165) is 11.1 Å². The van der Waals surface area contributed by atoms with E-state index in [1.165, 1.54) is 4.91 Å². The van der Waals surface area contributed by atoms with Crippen molar-refractivity contribution < 1.29 is 0 Å². The van der Waals surface area contributed by atoms with Crippen LogP contribution in [0.1, 0.15) is 5.56 Å². The number of hydrogen-bond acceptors (Lipinski definition) is 4. The fraction of sp³-hybridized carbons (Fsp3) is 0. The van der Waals surface area contributed by atoms with Gasteiger partial charge in [-0.05, 0) is 15.7 Å². The molecule has 0 bridgehead atoms. The molecule has 2 aromatic carbocycles. The van der Waals surface area contributed by atoms with Crippen LogP contribution in [0.4, 0.5) is 0 Å². The third kappa shape index (κ3) is 2.71. The van der Waals surface area contributed by atoms with Crippen molar-refractivity contribution in [3.63, 3.8) is 0 Å². The third-order valence-corrected chi connectivity index (χ3v) is 2.55. The van der Waals surface area contributed by atoms with Crippen molar-refractivity contribution in [2.75, 3.05) is 0 Å². The lowest BCUT2D eigenvalue weighted by Gasteiger charge is -1.91. The van der Waals surface area contributed by atoms with E-state index in [-0.39, 0.29) is 0 Å². The summed E-state index contributed by atoms with van der Waals surface area (Å²) in [6, 6.07) is 19.4. The molecular formula is C14H11N5. The molecule has 0 aliphatic carbocycles. The van der Waals surface area contributed by atoms with Crippen LogP contribution in [-0.4, -0.2) is 26.5 Å². The topological polar surface area (TPSA) is 56.0 Å². The van der Waals surface area contributed by atoms with Crippen molar-refractivity contribution in [1.29, 1.82) is 0 Å². The predicted octanol–water partition coefficient (Wildman–Crippen LogP) is 2.22. The first-order chi connectivity index (χ1) is 9.42. The number of nitrogens with zero attached hydrogens (tertiary/aromatic N) is 5. The summed E-state index contributed by atoms with van der Waals surface area (Å²) in [5.41, 5.74) is 1.91. The molecule has 5 heteroatoms. The minimum Gasteiger partial charge on any atom is -0.138 e. The zero-order valence-corrected chi connectivity index (χ0v) is 10.1. The molecule has 0 N–H and O–H groups in total. The van der Waals surface area contributed by atoms with Gasteiger partial charge in [-0.3, -0.25) is 0 Å². The largest absolute Gasteiger partial charge is 0.207 e. The van der Waals surface area contributed by atoms with E-state index < -0.39 is 0 Å². The van der Waals surface area contributed by atoms with E-state index in [0.29, 0.717) is 5.82 Å². The molecule has 1 aromatic heterocycles. The molecule has 0 atom stereocenters. The summed E-state index contributed by atoms with van der Waals surface area (Å²) in [7, 11) is 0. The van der Waals surface area contributed by atoms with E-state index in [1.54, 1.807) is 6.21 Å². The van der Waals surface area contributed by atoms with Crippen LogP contribution in [0.25, 0.3) is 11.4 Å². The van der Waals surface area contributed by atoms with E-state index >= 15 is 0 Å². The summed E-state index contributed by atoms with van der Waals surface area (Å²) in [4.78, 5) is 1.22. The van der Waals surface area contributed by atoms with Crippen LogP contribution in [0.5, 0.6) is 0 Å². The second-order valence-electron chi connectivity index (χ2n) is 3.90. The summed E-state index contributed by atoms with van der Waals surface area (Å²) in [5, 5.41) is 16.2. The SMILES string of the molecule is C(=N\n1nnc(-c2ccccc2)n1)/c1ccccc1. The minimum atomic E-state index is 0.561. The second kappa shape index (κ2) is 5.22. The first-order valence-corrected chi connectivity index (χ1v) is 5.87. The first-order valence-electron chi connectivity index (χ1n) is 5.87. The molecule has 0 aliphatic rings. The number of tetrazole rings is 1. The van der Waals surface area contributed by atoms with E-state index in [1.807, 2.05) is 60.7 Å². The van der Waals surface area contributed by atoms with Gasteiger partial charge in [-0.15, -0.1) is 15.3 Å². The summed E-state index contributed by atoms with van der Waals surface area (Å²) in [6.45, 7) is 0. The fourth-order valence-electron chi connectivity index (χ4n) is 1.62. The predicted molar refractivity (Wildman–Crippen MR) is 72.7 cm³/mol. The standard InChI is InChI=1S/C14H11N5/c1-3-7-12(8-4-1)11-15-19-17-14(16-18-19)13-9-5-2-6-10-13/h1-11H/b15-11+. The molecule has 19 heavy (non-hydrogen) atoms. The van der Waals surface area contributed by atoms with Gasteiger partial charge in [0.1, 0.15) is 0 Å². The van der Waals surface area contributed by atoms with Crippen molar-refractivity contribution in [3.05, 3.63) is 66.2 Å². The lowest BCUT2D eigenvalue weighted by molar-refractivity contribution is 0.614. The van der Waals surface area contributed by atoms with Gasteiger partial charge in [-0.1, -0.05) is 60.7 Å². The molecule has 0 unspecified atom stereocenters. The Kier molecular flexibility index (Phi) is 3.10. The Bertz CT molecular complexity index is 673. The highest BCUT2D eigenvalue weighted by Gasteiger charge is 2.03. The van der Waals surface area contributed by atoms with Gasteiger partial charge in [-0.2, -0.15) is 0 Å². The average Bonchev–Trinajstić information content (AvgIpc) is 2.96. The van der Waals surface area contributed by atoms with Crippen LogP contribution >= 0.6 is 0 Å². The van der Waals surface area contributed by atoms with Crippen LogP contribution < -0.4 is 0 Å². The second-order valence-corrected chi connectivity index (χ2v) is 3.90. The molecule has 0 saturated carbocycles. The van der Waals surface area contributed by atoms with Gasteiger partial charge < -0.3 is 0 Å². The minimum absolute atomic E-state index is 0.561. The maximum absolute atomic E-state index is 4.19. The van der Waals surface area contributed by atoms with Gasteiger partial charge in [0.2, 0.25) is 5.82 Å². The Balaban J connectivity index is 1.81. The van der Waals surface area contributed by atoms with Gasteiger partial charge in [0.15, 0.2) is 0 Å². The number of benzene rings is 2. The van der Waals surface area contributed by atoms with Crippen LogP contribution in [0.2, 0.25) is 0 Å². The van der Waals surface area contributed by atoms with Crippen molar-refractivity contribution in [1.82, 2.24) is 20.3 Å². The quantitative estimate of drug-likeness (QED) is 0.669. The van der Waals surface area contributed by atoms with Crippen molar-refractivity contribution in [3.8, 4) is 11.4 Å². The first kappa shape index (κ1) is 11.3. The van der Waals surface area contributed by atoms with E-state index in [4.69, 9.17) is 0 Å². The molecule has 0 saturated heterocycles. The highest BCUT2D eigenvalue weighted by Crippen LogP contribution is 2.11. The highest BCUT2D eigenvalue weighted by molar-refractivity contribution is 5.79. The van der Waals surface area contributed by atoms with Crippen LogP contribution in [0, 0.1) is 0 Å². The van der Waals surface area contributed by atoms with Crippen molar-refractivity contribution in [2.45, 2.75) is 0 Å². The zero-order chi connectivity index (χ0) is 12.9. The van der Waals surface area contributed by atoms with Crippen molar-refractivity contribution in [2.24, 2.45) is 5.10 Å². The lowest BCUT2D eigenvalue weighted by Crippen LogP contribution is -1.95. The average molecular weight is 249 g/mol. The van der Waals surface area contributed by atoms with Gasteiger partial charge in [-0.25, -0.2) is 0 Å². The lowest BCUT2D eigenvalue weighted by atomic mass is 10.2. The Morgan fingerprint density at radius 2 is 1.58 bits per heavy atom. The normalized spacial score (nSPS) is 10.9. The molecule has 0 spiro atoms. The molecule has 0 fully saturated rings. The molecule has 1 heterocycles. The number of aromatic nitrogens is 4. The summed E-state index contributed by atoms with van der Waals surface area (Å²) in [6.07, 6.45) is 1.69. The van der Waals surface area contributed by atoms with Gasteiger partial charge in [0.05, 0.1) is 6.21 Å². The molecule has 3 aromatic rings. The summed E-state index contributed by atoms with van der Waals surface area (Å²) >= 11 is 0. The maximum Gasteiger partial charge on any atom is 0.207 e. The molecule has 3 rings (SSSR count). The van der Waals surface area contributed by atoms with Crippen molar-refractivity contribution >= 4 is 6.21 Å². The third-order valence-electron chi connectivity index (χ3n) is 2.55. The van der Waals surface area contributed by atoms with Crippen LogP contribution in [-0.2, 0) is 0 Å². The van der Waals surface area contributed by atoms with Crippen LogP contribution in [0.3, 0.4) is 0 Å². The monoisotopic (exact) mass is 249 g/mol. The smallest absolute Gasteiger partial charge is 0.138 e. The van der Waals surface area contributed by atoms with E-state index in [2.05, 4.69) is 20.5 Å². The Morgan fingerprint density at radius 1 is 0.895 bits per heavy atom. The molecule has 0 aliphatic heterocycles. The van der Waals surface area contributed by atoms with Gasteiger partial charge in [0, 0.05) is 5.56 Å². The molecular weight excluding hydrogens is 238 g/mol. The molecule has 0 amide bonds. The molecule has 5 nitrogen and oxygen atoms in total. The summed E-state index contributed by atoms with van der Waals surface area (Å²) < 4.78 is 0.